The van der Waals surface area contributed by atoms with E-state index in [4.69, 9.17) is 0 Å². The van der Waals surface area contributed by atoms with Gasteiger partial charge < -0.3 is 10.1 Å². The van der Waals surface area contributed by atoms with E-state index in [1.165, 1.54) is 4.90 Å². The third-order valence-electron chi connectivity index (χ3n) is 1.68. The van der Waals surface area contributed by atoms with Gasteiger partial charge in [0.25, 0.3) is 0 Å². The number of carbonyl (C=O) groups is 1. The van der Waals surface area contributed by atoms with Crippen LogP contribution < -0.4 is 0 Å². The summed E-state index contributed by atoms with van der Waals surface area (Å²) in [4.78, 5) is 12.5. The van der Waals surface area contributed by atoms with Crippen molar-refractivity contribution in [3.8, 4) is 0 Å². The average Bonchev–Trinajstić information content (AvgIpc) is 2.19. The summed E-state index contributed by atoms with van der Waals surface area (Å²) in [5.41, 5.74) is 0.447. The molecule has 1 aromatic carbocycles. The largest absolute Gasteiger partial charge is 0.618 e. The van der Waals surface area contributed by atoms with Crippen LogP contribution in [0.3, 0.4) is 0 Å². The van der Waals surface area contributed by atoms with Gasteiger partial charge in [-0.3, -0.25) is 4.79 Å². The van der Waals surface area contributed by atoms with Crippen LogP contribution in [0.1, 0.15) is 0 Å². The van der Waals surface area contributed by atoms with Gasteiger partial charge in [-0.1, -0.05) is 18.2 Å². The average molecular weight is 192 g/mol. The molecule has 0 aliphatic carbocycles. The fourth-order valence-electron chi connectivity index (χ4n) is 0.865. The van der Waals surface area contributed by atoms with E-state index >= 15 is 0 Å². The van der Waals surface area contributed by atoms with Gasteiger partial charge in [-0.2, -0.15) is 4.74 Å². The Morgan fingerprint density at radius 3 is 2.43 bits per heavy atom. The second kappa shape index (κ2) is 4.41. The van der Waals surface area contributed by atoms with Crippen molar-refractivity contribution in [2.45, 2.75) is 0 Å². The highest BCUT2D eigenvalue weighted by atomic mass is 16.5. The van der Waals surface area contributed by atoms with Crippen LogP contribution in [0.15, 0.2) is 30.3 Å². The fourth-order valence-corrected chi connectivity index (χ4v) is 0.865. The van der Waals surface area contributed by atoms with Crippen LogP contribution in [0.5, 0.6) is 0 Å². The highest BCUT2D eigenvalue weighted by Gasteiger charge is 2.06. The molecule has 14 heavy (non-hydrogen) atoms. The van der Waals surface area contributed by atoms with Crippen molar-refractivity contribution in [1.82, 2.24) is 4.90 Å². The molecule has 74 valence electrons. The van der Waals surface area contributed by atoms with Gasteiger partial charge in [0.1, 0.15) is 0 Å². The molecule has 0 spiro atoms. The topological polar surface area (TPSA) is 46.4 Å². The standard InChI is InChI=1S/C10H12N2O2/c1-11(2)10(13)8-12(14)9-6-4-3-5-7-9/h3-8H,1-2H3/b12-8+. The van der Waals surface area contributed by atoms with E-state index < -0.39 is 0 Å². The normalized spacial score (nSPS) is 11.1. The van der Waals surface area contributed by atoms with Crippen molar-refractivity contribution >= 4 is 17.8 Å². The zero-order valence-electron chi connectivity index (χ0n) is 8.18. The Morgan fingerprint density at radius 2 is 1.93 bits per heavy atom. The Kier molecular flexibility index (Phi) is 3.23. The van der Waals surface area contributed by atoms with Crippen LogP contribution in [0.25, 0.3) is 0 Å². The van der Waals surface area contributed by atoms with E-state index in [1.807, 2.05) is 6.07 Å². The van der Waals surface area contributed by atoms with Crippen molar-refractivity contribution in [3.63, 3.8) is 0 Å². The molecule has 0 aliphatic heterocycles. The van der Waals surface area contributed by atoms with Crippen LogP contribution in [0.2, 0.25) is 0 Å². The molecule has 0 saturated heterocycles. The molecule has 0 unspecified atom stereocenters. The number of benzene rings is 1. The van der Waals surface area contributed by atoms with Gasteiger partial charge in [0.2, 0.25) is 11.9 Å². The Morgan fingerprint density at radius 1 is 1.36 bits per heavy atom. The summed E-state index contributed by atoms with van der Waals surface area (Å²) < 4.78 is 0.558. The lowest BCUT2D eigenvalue weighted by Gasteiger charge is -2.06. The first-order valence-electron chi connectivity index (χ1n) is 4.19. The van der Waals surface area contributed by atoms with Crippen LogP contribution >= 0.6 is 0 Å². The smallest absolute Gasteiger partial charge is 0.311 e. The molecule has 1 rings (SSSR count). The van der Waals surface area contributed by atoms with Gasteiger partial charge in [-0.15, -0.1) is 0 Å². The first-order valence-corrected chi connectivity index (χ1v) is 4.19. The predicted octanol–water partition coefficient (Wildman–Crippen LogP) is 0.987. The van der Waals surface area contributed by atoms with Crippen LogP contribution in [0, 0.1) is 5.21 Å². The molecule has 1 aromatic rings. The molecule has 0 aromatic heterocycles. The number of amides is 1. The minimum Gasteiger partial charge on any atom is -0.618 e. The van der Waals surface area contributed by atoms with Gasteiger partial charge in [0.05, 0.1) is 0 Å². The molecule has 0 heterocycles. The number of hydrogen-bond acceptors (Lipinski definition) is 2. The SMILES string of the molecule is CN(C)C(=O)/C=[N+](/[O-])c1ccccc1. The zero-order chi connectivity index (χ0) is 10.6. The van der Waals surface area contributed by atoms with Crippen molar-refractivity contribution < 1.29 is 9.53 Å². The number of hydrogen-bond donors (Lipinski definition) is 0. The summed E-state index contributed by atoms with van der Waals surface area (Å²) in [6.45, 7) is 0. The molecule has 0 radical (unpaired) electrons. The van der Waals surface area contributed by atoms with Crippen LogP contribution in [-0.2, 0) is 4.79 Å². The fraction of sp³-hybridized carbons (Fsp3) is 0.200. The number of rotatable bonds is 2. The molecular formula is C10H12N2O2. The summed E-state index contributed by atoms with van der Waals surface area (Å²) >= 11 is 0. The number of nitrogens with zero attached hydrogens (tertiary/aromatic N) is 2. The monoisotopic (exact) mass is 192 g/mol. The lowest BCUT2D eigenvalue weighted by molar-refractivity contribution is -0.354. The van der Waals surface area contributed by atoms with Gasteiger partial charge in [0, 0.05) is 26.2 Å². The zero-order valence-corrected chi connectivity index (χ0v) is 8.18. The predicted molar refractivity (Wildman–Crippen MR) is 54.5 cm³/mol. The summed E-state index contributed by atoms with van der Waals surface area (Å²) in [5, 5.41) is 11.4. The van der Waals surface area contributed by atoms with E-state index in [2.05, 4.69) is 0 Å². The first kappa shape index (κ1) is 10.2. The van der Waals surface area contributed by atoms with Gasteiger partial charge >= 0.3 is 5.91 Å². The summed E-state index contributed by atoms with van der Waals surface area (Å²) in [5.74, 6) is -0.330. The van der Waals surface area contributed by atoms with Crippen LogP contribution in [0.4, 0.5) is 5.69 Å². The first-order chi connectivity index (χ1) is 6.61. The second-order valence-electron chi connectivity index (χ2n) is 3.02. The quantitative estimate of drug-likeness (QED) is 0.303. The van der Waals surface area contributed by atoms with Crippen molar-refractivity contribution in [3.05, 3.63) is 35.5 Å². The Hall–Kier alpha value is -1.84. The van der Waals surface area contributed by atoms with Gasteiger partial charge in [-0.05, 0) is 0 Å². The lowest BCUT2D eigenvalue weighted by atomic mass is 10.3. The Balaban J connectivity index is 2.85. The van der Waals surface area contributed by atoms with E-state index in [-0.39, 0.29) is 5.91 Å². The minimum absolute atomic E-state index is 0.330. The van der Waals surface area contributed by atoms with E-state index in [0.717, 1.165) is 6.21 Å². The molecule has 0 aliphatic rings. The third-order valence-corrected chi connectivity index (χ3v) is 1.68. The van der Waals surface area contributed by atoms with E-state index in [0.29, 0.717) is 10.4 Å². The maximum Gasteiger partial charge on any atom is 0.311 e. The van der Waals surface area contributed by atoms with Gasteiger partial charge in [-0.25, -0.2) is 0 Å². The van der Waals surface area contributed by atoms with Crippen molar-refractivity contribution in [2.75, 3.05) is 14.1 Å². The van der Waals surface area contributed by atoms with E-state index in [9.17, 15) is 10.0 Å². The molecular weight excluding hydrogens is 180 g/mol. The highest BCUT2D eigenvalue weighted by molar-refractivity contribution is 6.24. The number of para-hydroxylation sites is 1. The van der Waals surface area contributed by atoms with Crippen molar-refractivity contribution in [1.29, 1.82) is 0 Å². The van der Waals surface area contributed by atoms with Gasteiger partial charge in [0.15, 0.2) is 0 Å². The highest BCUT2D eigenvalue weighted by Crippen LogP contribution is 2.07. The molecule has 1 amide bonds. The molecule has 4 heteroatoms. The minimum atomic E-state index is -0.330. The summed E-state index contributed by atoms with van der Waals surface area (Å²) in [6.07, 6.45) is 1.01. The Labute approximate surface area is 82.7 Å². The molecule has 0 fully saturated rings. The molecule has 0 atom stereocenters. The lowest BCUT2D eigenvalue weighted by Crippen LogP contribution is -2.25. The maximum atomic E-state index is 11.4. The van der Waals surface area contributed by atoms with Crippen molar-refractivity contribution in [2.24, 2.45) is 0 Å². The third kappa shape index (κ3) is 2.58. The Bertz CT molecular complexity index is 344. The molecule has 4 nitrogen and oxygen atoms in total. The summed E-state index contributed by atoms with van der Waals surface area (Å²) in [6, 6.07) is 8.59. The maximum absolute atomic E-state index is 11.4. The molecule has 0 N–H and O–H groups in total. The number of carbonyl (C=O) groups excluding carboxylic acids is 1. The van der Waals surface area contributed by atoms with Crippen LogP contribution in [-0.4, -0.2) is 35.9 Å². The molecule has 0 bridgehead atoms. The second-order valence-corrected chi connectivity index (χ2v) is 3.02. The van der Waals surface area contributed by atoms with E-state index in [1.54, 1.807) is 38.4 Å². The molecule has 0 saturated carbocycles. The summed E-state index contributed by atoms with van der Waals surface area (Å²) in [7, 11) is 3.19.